The predicted octanol–water partition coefficient (Wildman–Crippen LogP) is 4.55. The molecule has 4 rings (SSSR count). The topological polar surface area (TPSA) is 74.8 Å². The molecule has 0 unspecified atom stereocenters. The van der Waals surface area contributed by atoms with Crippen LogP contribution in [0.4, 0.5) is 0 Å². The van der Waals surface area contributed by atoms with Crippen molar-refractivity contribution in [3.63, 3.8) is 0 Å². The summed E-state index contributed by atoms with van der Waals surface area (Å²) in [6.07, 6.45) is 3.89. The lowest BCUT2D eigenvalue weighted by Gasteiger charge is -2.34. The molecule has 3 aromatic rings. The van der Waals surface area contributed by atoms with Gasteiger partial charge in [-0.1, -0.05) is 0 Å². The Hall–Kier alpha value is -3.69. The van der Waals surface area contributed by atoms with Crippen LogP contribution in [0, 0.1) is 0 Å². The van der Waals surface area contributed by atoms with Crippen LogP contribution < -0.4 is 28.4 Å². The Morgan fingerprint density at radius 1 is 0.625 bits per heavy atom. The van der Waals surface area contributed by atoms with Crippen LogP contribution >= 0.6 is 0 Å². The van der Waals surface area contributed by atoms with Crippen LogP contribution in [0.2, 0.25) is 0 Å². The van der Waals surface area contributed by atoms with Crippen molar-refractivity contribution in [2.75, 3.05) is 75.4 Å². The van der Waals surface area contributed by atoms with E-state index in [0.717, 1.165) is 63.4 Å². The van der Waals surface area contributed by atoms with Gasteiger partial charge in [0.1, 0.15) is 0 Å². The fraction of sp³-hybridized carbons (Fsp3) is 0.452. The van der Waals surface area contributed by atoms with Gasteiger partial charge in [0.25, 0.3) is 0 Å². The molecule has 0 N–H and O–H groups in total. The van der Waals surface area contributed by atoms with Gasteiger partial charge >= 0.3 is 0 Å². The number of nitrogens with zero attached hydrogens (tertiary/aromatic N) is 3. The van der Waals surface area contributed by atoms with Gasteiger partial charge in [0.05, 0.1) is 48.4 Å². The maximum Gasteiger partial charge on any atom is 0.203 e. The van der Waals surface area contributed by atoms with Gasteiger partial charge in [-0.15, -0.1) is 0 Å². The third-order valence-corrected chi connectivity index (χ3v) is 7.32. The summed E-state index contributed by atoms with van der Waals surface area (Å²) in [6, 6.07) is 12.2. The third-order valence-electron chi connectivity index (χ3n) is 7.32. The highest BCUT2D eigenvalue weighted by Gasteiger charge is 2.19. The quantitative estimate of drug-likeness (QED) is 0.304. The van der Waals surface area contributed by atoms with Gasteiger partial charge in [0, 0.05) is 44.5 Å². The first kappa shape index (κ1) is 29.3. The van der Waals surface area contributed by atoms with Crippen LogP contribution in [0.15, 0.2) is 42.6 Å². The highest BCUT2D eigenvalue weighted by Crippen LogP contribution is 2.41. The molecule has 0 spiro atoms. The first-order valence-electron chi connectivity index (χ1n) is 13.5. The SMILES string of the molecule is COc1cc(CCCN2CCN(Cc3ccnc(-c4cc(OC)c(OC)c(OC)c4)c3)CC2)cc(OC)c1OC. The molecular formula is C31H41N3O6. The number of hydrogen-bond acceptors (Lipinski definition) is 9. The van der Waals surface area contributed by atoms with E-state index in [4.69, 9.17) is 28.4 Å². The molecule has 1 aliphatic rings. The van der Waals surface area contributed by atoms with E-state index in [9.17, 15) is 0 Å². The molecule has 1 aliphatic heterocycles. The van der Waals surface area contributed by atoms with Crippen LogP contribution in [-0.2, 0) is 13.0 Å². The van der Waals surface area contributed by atoms with Crippen LogP contribution in [0.5, 0.6) is 34.5 Å². The lowest BCUT2D eigenvalue weighted by molar-refractivity contribution is 0.126. The normalized spacial score (nSPS) is 14.1. The minimum atomic E-state index is 0.575. The maximum atomic E-state index is 5.52. The molecule has 2 heterocycles. The summed E-state index contributed by atoms with van der Waals surface area (Å²) in [5.41, 5.74) is 4.22. The fourth-order valence-corrected chi connectivity index (χ4v) is 5.18. The Labute approximate surface area is 237 Å². The monoisotopic (exact) mass is 551 g/mol. The Bertz CT molecular complexity index is 1210. The van der Waals surface area contributed by atoms with Crippen molar-refractivity contribution in [2.45, 2.75) is 19.4 Å². The summed E-state index contributed by atoms with van der Waals surface area (Å²) in [6.45, 7) is 6.13. The number of benzene rings is 2. The summed E-state index contributed by atoms with van der Waals surface area (Å²) in [5.74, 6) is 3.85. The number of hydrogen-bond donors (Lipinski definition) is 0. The first-order chi connectivity index (χ1) is 19.5. The molecule has 1 fully saturated rings. The van der Waals surface area contributed by atoms with E-state index >= 15 is 0 Å². The standard InChI is InChI=1S/C31H41N3O6/c1-35-26-17-22(18-27(36-2)30(26)39-5)8-7-11-33-12-14-34(15-13-33)21-23-9-10-32-25(16-23)24-19-28(37-3)31(40-6)29(20-24)38-4/h9-10,16-20H,7-8,11-15,21H2,1-6H3. The van der Waals surface area contributed by atoms with E-state index in [1.54, 1.807) is 42.7 Å². The number of piperazine rings is 1. The van der Waals surface area contributed by atoms with Crippen molar-refractivity contribution >= 4 is 0 Å². The molecule has 9 nitrogen and oxygen atoms in total. The number of rotatable bonds is 13. The number of aromatic nitrogens is 1. The van der Waals surface area contributed by atoms with Crippen molar-refractivity contribution in [3.8, 4) is 45.8 Å². The van der Waals surface area contributed by atoms with Gasteiger partial charge in [0.2, 0.25) is 11.5 Å². The van der Waals surface area contributed by atoms with E-state index in [1.165, 1.54) is 11.1 Å². The average Bonchev–Trinajstić information content (AvgIpc) is 3.00. The Morgan fingerprint density at radius 3 is 1.68 bits per heavy atom. The number of ether oxygens (including phenoxy) is 6. The molecule has 0 radical (unpaired) electrons. The molecule has 0 amide bonds. The average molecular weight is 552 g/mol. The molecule has 0 bridgehead atoms. The zero-order chi connectivity index (χ0) is 28.5. The second-order valence-electron chi connectivity index (χ2n) is 9.72. The predicted molar refractivity (Wildman–Crippen MR) is 155 cm³/mol. The molecule has 2 aromatic carbocycles. The van der Waals surface area contributed by atoms with Crippen LogP contribution in [0.1, 0.15) is 17.5 Å². The second-order valence-corrected chi connectivity index (χ2v) is 9.72. The molecule has 1 saturated heterocycles. The molecule has 216 valence electrons. The highest BCUT2D eigenvalue weighted by atomic mass is 16.5. The summed E-state index contributed by atoms with van der Waals surface area (Å²) in [4.78, 5) is 9.66. The lowest BCUT2D eigenvalue weighted by Crippen LogP contribution is -2.46. The van der Waals surface area contributed by atoms with Gasteiger partial charge in [-0.3, -0.25) is 9.88 Å². The number of pyridine rings is 1. The molecular weight excluding hydrogens is 510 g/mol. The Kier molecular flexibility index (Phi) is 10.3. The minimum Gasteiger partial charge on any atom is -0.493 e. The smallest absolute Gasteiger partial charge is 0.203 e. The zero-order valence-corrected chi connectivity index (χ0v) is 24.5. The van der Waals surface area contributed by atoms with Gasteiger partial charge < -0.3 is 33.3 Å². The van der Waals surface area contributed by atoms with E-state index in [2.05, 4.69) is 26.9 Å². The Morgan fingerprint density at radius 2 is 1.15 bits per heavy atom. The molecule has 9 heteroatoms. The summed E-state index contributed by atoms with van der Waals surface area (Å²) in [7, 11) is 9.79. The van der Waals surface area contributed by atoms with Crippen molar-refractivity contribution < 1.29 is 28.4 Å². The summed E-state index contributed by atoms with van der Waals surface area (Å²) < 4.78 is 32.9. The van der Waals surface area contributed by atoms with Crippen molar-refractivity contribution in [3.05, 3.63) is 53.7 Å². The lowest BCUT2D eigenvalue weighted by atomic mass is 10.1. The van der Waals surface area contributed by atoms with Crippen molar-refractivity contribution in [1.29, 1.82) is 0 Å². The highest BCUT2D eigenvalue weighted by molar-refractivity contribution is 5.69. The van der Waals surface area contributed by atoms with E-state index < -0.39 is 0 Å². The molecule has 0 saturated carbocycles. The first-order valence-corrected chi connectivity index (χ1v) is 13.5. The summed E-state index contributed by atoms with van der Waals surface area (Å²) >= 11 is 0. The van der Waals surface area contributed by atoms with E-state index in [-0.39, 0.29) is 0 Å². The van der Waals surface area contributed by atoms with E-state index in [1.807, 2.05) is 30.5 Å². The van der Waals surface area contributed by atoms with E-state index in [0.29, 0.717) is 34.5 Å². The number of methoxy groups -OCH3 is 6. The Balaban J connectivity index is 1.30. The zero-order valence-electron chi connectivity index (χ0n) is 24.5. The molecule has 1 aromatic heterocycles. The van der Waals surface area contributed by atoms with Crippen molar-refractivity contribution in [1.82, 2.24) is 14.8 Å². The van der Waals surface area contributed by atoms with Gasteiger partial charge in [0.15, 0.2) is 23.0 Å². The third kappa shape index (κ3) is 6.89. The molecule has 40 heavy (non-hydrogen) atoms. The van der Waals surface area contributed by atoms with Crippen LogP contribution in [0.3, 0.4) is 0 Å². The van der Waals surface area contributed by atoms with Crippen LogP contribution in [0.25, 0.3) is 11.3 Å². The fourth-order valence-electron chi connectivity index (χ4n) is 5.18. The maximum absolute atomic E-state index is 5.52. The van der Waals surface area contributed by atoms with Gasteiger partial charge in [-0.2, -0.15) is 0 Å². The van der Waals surface area contributed by atoms with Gasteiger partial charge in [-0.25, -0.2) is 0 Å². The number of aryl methyl sites for hydroxylation is 1. The van der Waals surface area contributed by atoms with Crippen molar-refractivity contribution in [2.24, 2.45) is 0 Å². The largest absolute Gasteiger partial charge is 0.493 e. The summed E-state index contributed by atoms with van der Waals surface area (Å²) in [5, 5.41) is 0. The second kappa shape index (κ2) is 14.1. The van der Waals surface area contributed by atoms with Crippen LogP contribution in [-0.4, -0.2) is 90.2 Å². The minimum absolute atomic E-state index is 0.575. The molecule has 0 aliphatic carbocycles. The molecule has 0 atom stereocenters. The van der Waals surface area contributed by atoms with Gasteiger partial charge in [-0.05, 0) is 66.9 Å².